The van der Waals surface area contributed by atoms with Crippen LogP contribution in [0.2, 0.25) is 0 Å². The van der Waals surface area contributed by atoms with Crippen molar-refractivity contribution < 1.29 is 5.11 Å². The normalized spacial score (nSPS) is 10.9. The Morgan fingerprint density at radius 2 is 2.05 bits per heavy atom. The first-order chi connectivity index (χ1) is 9.17. The van der Waals surface area contributed by atoms with Gasteiger partial charge in [-0.05, 0) is 43.9 Å². The highest BCUT2D eigenvalue weighted by atomic mass is 16.3. The zero-order valence-electron chi connectivity index (χ0n) is 12.0. The summed E-state index contributed by atoms with van der Waals surface area (Å²) in [4.78, 5) is 0. The number of hydrogen-bond acceptors (Lipinski definition) is 2. The quantitative estimate of drug-likeness (QED) is 0.886. The minimum absolute atomic E-state index is 0.373. The lowest BCUT2D eigenvalue weighted by Crippen LogP contribution is -2.01. The molecular weight excluding hydrogens is 236 g/mol. The van der Waals surface area contributed by atoms with Crippen LogP contribution in [0.5, 0.6) is 5.75 Å². The van der Waals surface area contributed by atoms with Crippen LogP contribution in [0.15, 0.2) is 24.3 Å². The minimum atomic E-state index is 0.373. The summed E-state index contributed by atoms with van der Waals surface area (Å²) in [6, 6.07) is 8.21. The van der Waals surface area contributed by atoms with Crippen LogP contribution in [-0.4, -0.2) is 14.9 Å². The Labute approximate surface area is 114 Å². The maximum atomic E-state index is 10.3. The SMILES string of the molecule is CCCCc1nn(-c2cccc(C)c2)c(CC)c1O. The Hall–Kier alpha value is -1.77. The zero-order valence-corrected chi connectivity index (χ0v) is 12.0. The second kappa shape index (κ2) is 5.91. The van der Waals surface area contributed by atoms with E-state index in [1.54, 1.807) is 0 Å². The number of unbranched alkanes of at least 4 members (excludes halogenated alkanes) is 1. The molecule has 2 rings (SSSR count). The molecule has 0 radical (unpaired) electrons. The molecule has 1 aromatic carbocycles. The van der Waals surface area contributed by atoms with Crippen molar-refractivity contribution in [2.24, 2.45) is 0 Å². The summed E-state index contributed by atoms with van der Waals surface area (Å²) in [6.07, 6.45) is 3.78. The summed E-state index contributed by atoms with van der Waals surface area (Å²) < 4.78 is 1.88. The van der Waals surface area contributed by atoms with Crippen molar-refractivity contribution in [2.75, 3.05) is 0 Å². The van der Waals surface area contributed by atoms with Crippen LogP contribution in [0, 0.1) is 6.92 Å². The first kappa shape index (κ1) is 13.7. The van der Waals surface area contributed by atoms with Gasteiger partial charge in [-0.3, -0.25) is 0 Å². The van der Waals surface area contributed by atoms with Gasteiger partial charge >= 0.3 is 0 Å². The monoisotopic (exact) mass is 258 g/mol. The van der Waals surface area contributed by atoms with Crippen LogP contribution in [0.4, 0.5) is 0 Å². The van der Waals surface area contributed by atoms with E-state index in [9.17, 15) is 5.11 Å². The molecule has 3 nitrogen and oxygen atoms in total. The van der Waals surface area contributed by atoms with Crippen LogP contribution in [0.1, 0.15) is 43.6 Å². The van der Waals surface area contributed by atoms with Crippen molar-refractivity contribution in [1.82, 2.24) is 9.78 Å². The highest BCUT2D eigenvalue weighted by molar-refractivity contribution is 5.42. The topological polar surface area (TPSA) is 38.0 Å². The van der Waals surface area contributed by atoms with Crippen molar-refractivity contribution in [3.63, 3.8) is 0 Å². The average Bonchev–Trinajstić information content (AvgIpc) is 2.73. The fraction of sp³-hybridized carbons (Fsp3) is 0.438. The molecule has 3 heteroatoms. The average molecular weight is 258 g/mol. The molecule has 2 aromatic rings. The third-order valence-electron chi connectivity index (χ3n) is 3.37. The smallest absolute Gasteiger partial charge is 0.160 e. The van der Waals surface area contributed by atoms with Gasteiger partial charge in [-0.15, -0.1) is 0 Å². The summed E-state index contributed by atoms with van der Waals surface area (Å²) >= 11 is 0. The van der Waals surface area contributed by atoms with Crippen LogP contribution >= 0.6 is 0 Å². The van der Waals surface area contributed by atoms with Gasteiger partial charge in [0.25, 0.3) is 0 Å². The molecule has 0 aliphatic rings. The number of aryl methyl sites for hydroxylation is 2. The predicted molar refractivity (Wildman–Crippen MR) is 78.0 cm³/mol. The molecule has 0 aliphatic carbocycles. The second-order valence-electron chi connectivity index (χ2n) is 4.95. The first-order valence-electron chi connectivity index (χ1n) is 7.04. The van der Waals surface area contributed by atoms with E-state index in [0.29, 0.717) is 5.75 Å². The predicted octanol–water partition coefficient (Wildman–Crippen LogP) is 3.79. The third kappa shape index (κ3) is 2.80. The fourth-order valence-corrected chi connectivity index (χ4v) is 2.30. The maximum Gasteiger partial charge on any atom is 0.160 e. The molecule has 0 spiro atoms. The highest BCUT2D eigenvalue weighted by Gasteiger charge is 2.16. The van der Waals surface area contributed by atoms with Crippen molar-refractivity contribution >= 4 is 0 Å². The Bertz CT molecular complexity index is 558. The van der Waals surface area contributed by atoms with Gasteiger partial charge in [-0.1, -0.05) is 32.4 Å². The molecule has 19 heavy (non-hydrogen) atoms. The summed E-state index contributed by atoms with van der Waals surface area (Å²) in [5.41, 5.74) is 3.94. The molecule has 1 heterocycles. The molecule has 1 aromatic heterocycles. The lowest BCUT2D eigenvalue weighted by atomic mass is 10.1. The zero-order chi connectivity index (χ0) is 13.8. The number of nitrogens with zero attached hydrogens (tertiary/aromatic N) is 2. The van der Waals surface area contributed by atoms with Crippen molar-refractivity contribution in [3.05, 3.63) is 41.2 Å². The summed E-state index contributed by atoms with van der Waals surface area (Å²) in [5.74, 6) is 0.373. The van der Waals surface area contributed by atoms with E-state index in [-0.39, 0.29) is 0 Å². The van der Waals surface area contributed by atoms with E-state index in [1.807, 2.05) is 23.7 Å². The van der Waals surface area contributed by atoms with Gasteiger partial charge in [0.2, 0.25) is 0 Å². The summed E-state index contributed by atoms with van der Waals surface area (Å²) in [5, 5.41) is 14.9. The molecule has 0 saturated heterocycles. The van der Waals surface area contributed by atoms with Gasteiger partial charge in [0, 0.05) is 0 Å². The second-order valence-corrected chi connectivity index (χ2v) is 4.95. The van der Waals surface area contributed by atoms with Gasteiger partial charge in [0.05, 0.1) is 11.4 Å². The minimum Gasteiger partial charge on any atom is -0.504 e. The standard InChI is InChI=1S/C16H22N2O/c1-4-6-10-14-16(19)15(5-2)18(17-14)13-9-7-8-12(3)11-13/h7-9,11,19H,4-6,10H2,1-3H3. The molecule has 0 atom stereocenters. The fourth-order valence-electron chi connectivity index (χ4n) is 2.30. The Balaban J connectivity index is 2.44. The van der Waals surface area contributed by atoms with E-state index in [4.69, 9.17) is 0 Å². The highest BCUT2D eigenvalue weighted by Crippen LogP contribution is 2.27. The van der Waals surface area contributed by atoms with Crippen molar-refractivity contribution in [3.8, 4) is 11.4 Å². The number of rotatable bonds is 5. The van der Waals surface area contributed by atoms with Crippen molar-refractivity contribution in [2.45, 2.75) is 46.5 Å². The van der Waals surface area contributed by atoms with Crippen LogP contribution in [0.3, 0.4) is 0 Å². The van der Waals surface area contributed by atoms with E-state index in [2.05, 4.69) is 31.1 Å². The molecule has 0 saturated carbocycles. The molecule has 1 N–H and O–H groups in total. The molecule has 0 bridgehead atoms. The Morgan fingerprint density at radius 1 is 1.26 bits per heavy atom. The molecule has 0 amide bonds. The molecule has 0 fully saturated rings. The van der Waals surface area contributed by atoms with E-state index < -0.39 is 0 Å². The van der Waals surface area contributed by atoms with Gasteiger partial charge in [0.15, 0.2) is 5.75 Å². The largest absolute Gasteiger partial charge is 0.504 e. The van der Waals surface area contributed by atoms with E-state index >= 15 is 0 Å². The van der Waals surface area contributed by atoms with Crippen LogP contribution in [0.25, 0.3) is 5.69 Å². The lowest BCUT2D eigenvalue weighted by Gasteiger charge is -2.06. The lowest BCUT2D eigenvalue weighted by molar-refractivity contribution is 0.460. The number of aromatic hydroxyl groups is 1. The van der Waals surface area contributed by atoms with Gasteiger partial charge < -0.3 is 5.11 Å². The molecule has 102 valence electrons. The van der Waals surface area contributed by atoms with Crippen LogP contribution < -0.4 is 0 Å². The maximum absolute atomic E-state index is 10.3. The Kier molecular flexibility index (Phi) is 4.25. The van der Waals surface area contributed by atoms with Crippen LogP contribution in [-0.2, 0) is 12.8 Å². The summed E-state index contributed by atoms with van der Waals surface area (Å²) in [7, 11) is 0. The molecule has 0 aliphatic heterocycles. The van der Waals surface area contributed by atoms with Gasteiger partial charge in [-0.25, -0.2) is 4.68 Å². The summed E-state index contributed by atoms with van der Waals surface area (Å²) in [6.45, 7) is 6.26. The molecular formula is C16H22N2O. The number of benzene rings is 1. The van der Waals surface area contributed by atoms with Gasteiger partial charge in [-0.2, -0.15) is 5.10 Å². The Morgan fingerprint density at radius 3 is 2.68 bits per heavy atom. The third-order valence-corrected chi connectivity index (χ3v) is 3.37. The number of hydrogen-bond donors (Lipinski definition) is 1. The molecule has 0 unspecified atom stereocenters. The number of aromatic nitrogens is 2. The van der Waals surface area contributed by atoms with E-state index in [0.717, 1.165) is 42.8 Å². The van der Waals surface area contributed by atoms with Gasteiger partial charge in [0.1, 0.15) is 5.69 Å². The van der Waals surface area contributed by atoms with E-state index in [1.165, 1.54) is 5.56 Å². The van der Waals surface area contributed by atoms with Crippen molar-refractivity contribution in [1.29, 1.82) is 0 Å². The first-order valence-corrected chi connectivity index (χ1v) is 7.04.